The molecule has 0 amide bonds. The third-order valence-corrected chi connectivity index (χ3v) is 14.4. The number of para-hydroxylation sites is 1. The van der Waals surface area contributed by atoms with Crippen LogP contribution in [0.4, 0.5) is 0 Å². The van der Waals surface area contributed by atoms with E-state index in [4.69, 9.17) is 19.4 Å². The van der Waals surface area contributed by atoms with Crippen molar-refractivity contribution in [3.05, 3.63) is 197 Å². The lowest BCUT2D eigenvalue weighted by Gasteiger charge is -2.37. The molecule has 1 fully saturated rings. The highest BCUT2D eigenvalue weighted by molar-refractivity contribution is 6.05. The molecular weight excluding hydrogens is 769 g/mol. The fourth-order valence-corrected chi connectivity index (χ4v) is 11.2. The van der Waals surface area contributed by atoms with Crippen LogP contribution in [-0.4, -0.2) is 15.0 Å². The first-order valence-corrected chi connectivity index (χ1v) is 22.7. The molecule has 5 aromatic carbocycles. The first-order chi connectivity index (χ1) is 31.1. The topological polar surface area (TPSA) is 75.6 Å². The van der Waals surface area contributed by atoms with Gasteiger partial charge in [-0.15, -0.1) is 0 Å². The molecule has 1 spiro atoms. The van der Waals surface area contributed by atoms with Crippen LogP contribution in [0.3, 0.4) is 0 Å². The molecule has 63 heavy (non-hydrogen) atoms. The molecule has 5 heteroatoms. The highest BCUT2D eigenvalue weighted by atomic mass is 16.3. The van der Waals surface area contributed by atoms with Crippen molar-refractivity contribution < 1.29 is 4.42 Å². The van der Waals surface area contributed by atoms with Crippen LogP contribution in [0.2, 0.25) is 0 Å². The fraction of sp³-hybridized carbons (Fsp3) is 0.207. The van der Waals surface area contributed by atoms with Gasteiger partial charge in [0.1, 0.15) is 11.2 Å². The van der Waals surface area contributed by atoms with Crippen LogP contribution in [0.25, 0.3) is 67.0 Å². The van der Waals surface area contributed by atoms with Crippen molar-refractivity contribution in [2.75, 3.05) is 0 Å². The number of allylic oxidation sites excluding steroid dienone is 12. The summed E-state index contributed by atoms with van der Waals surface area (Å²) in [6, 6.07) is 42.3. The minimum Gasteiger partial charge on any atom is -0.456 e. The SMILES string of the molecule is N#Cc1ccc2c(c1)C1(CCCCC1)C1=CCCC(C3=CCC(C4C=CC(c5nc(-c6ccc(-c7ccccc7)cc6)nc(-c6ccc7c(c6)oc6ccccc67)n5)=CC4)C=C3)=C12. The van der Waals surface area contributed by atoms with E-state index in [9.17, 15) is 5.26 Å². The van der Waals surface area contributed by atoms with Gasteiger partial charge in [0.05, 0.1) is 11.6 Å². The van der Waals surface area contributed by atoms with Crippen LogP contribution >= 0.6 is 0 Å². The summed E-state index contributed by atoms with van der Waals surface area (Å²) in [6.45, 7) is 0. The van der Waals surface area contributed by atoms with Crippen molar-refractivity contribution in [3.63, 3.8) is 0 Å². The molecule has 5 nitrogen and oxygen atoms in total. The van der Waals surface area contributed by atoms with E-state index in [1.54, 1.807) is 5.57 Å². The van der Waals surface area contributed by atoms with Gasteiger partial charge in [0.15, 0.2) is 17.5 Å². The molecule has 0 aliphatic heterocycles. The van der Waals surface area contributed by atoms with Gasteiger partial charge in [-0.3, -0.25) is 0 Å². The average molecular weight is 815 g/mol. The number of fused-ring (bicyclic) bond motifs is 8. The molecule has 5 aliphatic rings. The molecule has 0 bridgehead atoms. The van der Waals surface area contributed by atoms with Gasteiger partial charge in [0, 0.05) is 32.9 Å². The molecule has 2 unspecified atom stereocenters. The number of aromatic nitrogens is 3. The fourth-order valence-electron chi connectivity index (χ4n) is 11.2. The molecule has 2 atom stereocenters. The summed E-state index contributed by atoms with van der Waals surface area (Å²) in [5, 5.41) is 12.0. The smallest absolute Gasteiger partial charge is 0.164 e. The van der Waals surface area contributed by atoms with E-state index in [0.717, 1.165) is 75.4 Å². The van der Waals surface area contributed by atoms with Gasteiger partial charge in [0.25, 0.3) is 0 Å². The molecule has 2 aromatic heterocycles. The van der Waals surface area contributed by atoms with Gasteiger partial charge in [-0.2, -0.15) is 5.26 Å². The summed E-state index contributed by atoms with van der Waals surface area (Å²) >= 11 is 0. The quantitative estimate of drug-likeness (QED) is 0.167. The predicted molar refractivity (Wildman–Crippen MR) is 254 cm³/mol. The Labute approximate surface area is 368 Å². The largest absolute Gasteiger partial charge is 0.456 e. The maximum atomic E-state index is 9.85. The lowest BCUT2D eigenvalue weighted by Crippen LogP contribution is -2.28. The van der Waals surface area contributed by atoms with Crippen LogP contribution in [0.5, 0.6) is 0 Å². The highest BCUT2D eigenvalue weighted by Crippen LogP contribution is 2.60. The molecule has 12 rings (SSSR count). The molecule has 304 valence electrons. The number of rotatable bonds is 6. The Bertz CT molecular complexity index is 3220. The summed E-state index contributed by atoms with van der Waals surface area (Å²) in [6.07, 6.45) is 27.1. The van der Waals surface area contributed by atoms with Crippen molar-refractivity contribution in [3.8, 4) is 40.0 Å². The first kappa shape index (κ1) is 37.6. The van der Waals surface area contributed by atoms with Crippen LogP contribution in [-0.2, 0) is 5.41 Å². The Balaban J connectivity index is 0.833. The lowest BCUT2D eigenvalue weighted by molar-refractivity contribution is 0.351. The van der Waals surface area contributed by atoms with Crippen molar-refractivity contribution in [2.45, 2.75) is 63.2 Å². The van der Waals surface area contributed by atoms with Gasteiger partial charge >= 0.3 is 0 Å². The van der Waals surface area contributed by atoms with Crippen molar-refractivity contribution in [2.24, 2.45) is 11.8 Å². The Morgan fingerprint density at radius 1 is 0.587 bits per heavy atom. The highest BCUT2D eigenvalue weighted by Gasteiger charge is 2.47. The summed E-state index contributed by atoms with van der Waals surface area (Å²) in [4.78, 5) is 15.3. The molecule has 5 aliphatic carbocycles. The maximum absolute atomic E-state index is 9.85. The Morgan fingerprint density at radius 2 is 1.25 bits per heavy atom. The lowest BCUT2D eigenvalue weighted by atomic mass is 9.66. The summed E-state index contributed by atoms with van der Waals surface area (Å²) in [5.74, 6) is 2.73. The third kappa shape index (κ3) is 6.47. The van der Waals surface area contributed by atoms with Crippen LogP contribution in [0.1, 0.15) is 80.3 Å². The predicted octanol–water partition coefficient (Wildman–Crippen LogP) is 14.5. The molecule has 7 aromatic rings. The number of benzene rings is 5. The Morgan fingerprint density at radius 3 is 2.02 bits per heavy atom. The zero-order chi connectivity index (χ0) is 41.9. The molecule has 1 saturated carbocycles. The number of nitrogens with zero attached hydrogens (tertiary/aromatic N) is 4. The average Bonchev–Trinajstić information content (AvgIpc) is 3.86. The number of furan rings is 1. The number of nitriles is 1. The number of hydrogen-bond acceptors (Lipinski definition) is 5. The van der Waals surface area contributed by atoms with Gasteiger partial charge in [0.2, 0.25) is 0 Å². The standard InChI is InChI=1S/C58H46N4O/c59-36-37-16-30-49-51(34-37)58(32-7-2-8-33-58)50-14-9-13-46(54(49)50)42-23-17-40(18-24-42)41-21-27-44(28-22-41)56-60-55(43-25-19-39(20-26-43)38-10-3-1-4-11-38)61-57(62-56)45-29-31-48-47-12-5-6-15-52(47)63-53(48)35-45/h1,3-6,10-12,14-17,19-21,23-31,34-35,40-41H,2,7-9,13,18,22,32-33H2. The molecule has 0 radical (unpaired) electrons. The third-order valence-electron chi connectivity index (χ3n) is 14.4. The van der Waals surface area contributed by atoms with E-state index in [1.165, 1.54) is 65.5 Å². The van der Waals surface area contributed by atoms with Gasteiger partial charge in [-0.25, -0.2) is 15.0 Å². The Hall–Kier alpha value is -7.16. The zero-order valence-corrected chi connectivity index (χ0v) is 35.2. The van der Waals surface area contributed by atoms with Gasteiger partial charge in [-0.05, 0) is 125 Å². The summed E-state index contributed by atoms with van der Waals surface area (Å²) < 4.78 is 6.29. The normalized spacial score (nSPS) is 20.0. The van der Waals surface area contributed by atoms with Gasteiger partial charge in [-0.1, -0.05) is 147 Å². The minimum absolute atomic E-state index is 0.0645. The second-order valence-electron chi connectivity index (χ2n) is 17.9. The Kier molecular flexibility index (Phi) is 9.15. The first-order valence-electron chi connectivity index (χ1n) is 22.7. The number of hydrogen-bond donors (Lipinski definition) is 0. The van der Waals surface area contributed by atoms with Crippen LogP contribution < -0.4 is 0 Å². The molecule has 2 heterocycles. The maximum Gasteiger partial charge on any atom is 0.164 e. The van der Waals surface area contributed by atoms with Crippen molar-refractivity contribution in [1.82, 2.24) is 15.0 Å². The molecule has 0 saturated heterocycles. The summed E-state index contributed by atoms with van der Waals surface area (Å²) in [7, 11) is 0. The van der Waals surface area contributed by atoms with E-state index in [0.29, 0.717) is 29.3 Å². The zero-order valence-electron chi connectivity index (χ0n) is 35.2. The monoisotopic (exact) mass is 814 g/mol. The molecular formula is C58H46N4O. The van der Waals surface area contributed by atoms with E-state index in [1.807, 2.05) is 30.3 Å². The van der Waals surface area contributed by atoms with E-state index in [2.05, 4.69) is 134 Å². The van der Waals surface area contributed by atoms with E-state index >= 15 is 0 Å². The van der Waals surface area contributed by atoms with Crippen molar-refractivity contribution >= 4 is 33.1 Å². The van der Waals surface area contributed by atoms with E-state index < -0.39 is 0 Å². The minimum atomic E-state index is 0.0645. The van der Waals surface area contributed by atoms with E-state index in [-0.39, 0.29) is 5.41 Å². The van der Waals surface area contributed by atoms with Crippen LogP contribution in [0.15, 0.2) is 179 Å². The van der Waals surface area contributed by atoms with Crippen molar-refractivity contribution in [1.29, 1.82) is 5.26 Å². The second kappa shape index (κ2) is 15.3. The molecule has 0 N–H and O–H groups in total. The second-order valence-corrected chi connectivity index (χ2v) is 17.9. The summed E-state index contributed by atoms with van der Waals surface area (Å²) in [5.41, 5.74) is 16.3. The van der Waals surface area contributed by atoms with Gasteiger partial charge < -0.3 is 4.42 Å². The van der Waals surface area contributed by atoms with Crippen LogP contribution in [0, 0.1) is 23.2 Å².